The second kappa shape index (κ2) is 4.30. The van der Waals surface area contributed by atoms with Gasteiger partial charge in [-0.05, 0) is 39.8 Å². The number of carbonyl (C=O) groups is 1. The van der Waals surface area contributed by atoms with Crippen molar-refractivity contribution in [3.05, 3.63) is 0 Å². The molecule has 1 aliphatic rings. The Morgan fingerprint density at radius 3 is 2.64 bits per heavy atom. The molecule has 0 radical (unpaired) electrons. The molecule has 0 aromatic rings. The molecule has 1 heterocycles. The van der Waals surface area contributed by atoms with E-state index in [-0.39, 0.29) is 11.5 Å². The zero-order chi connectivity index (χ0) is 10.8. The standard InChI is InChI=1S/C11H21NO2/c1-4-5-7-12-8-6-9(10(13)14)11(12,2)3/h9H,4-8H2,1-3H3,(H,13,14). The molecule has 1 saturated heterocycles. The number of carboxylic acids is 1. The Balaban J connectivity index is 2.61. The van der Waals surface area contributed by atoms with Crippen LogP contribution in [0.2, 0.25) is 0 Å². The van der Waals surface area contributed by atoms with E-state index in [1.54, 1.807) is 0 Å². The first-order valence-corrected chi connectivity index (χ1v) is 5.48. The van der Waals surface area contributed by atoms with Crippen molar-refractivity contribution in [3.63, 3.8) is 0 Å². The van der Waals surface area contributed by atoms with Crippen molar-refractivity contribution in [2.75, 3.05) is 13.1 Å². The number of carboxylic acid groups (broad SMARTS) is 1. The van der Waals surface area contributed by atoms with E-state index in [0.717, 1.165) is 25.9 Å². The lowest BCUT2D eigenvalue weighted by atomic mass is 9.88. The molecule has 1 N–H and O–H groups in total. The molecule has 0 aromatic carbocycles. The van der Waals surface area contributed by atoms with Crippen LogP contribution >= 0.6 is 0 Å². The number of hydrogen-bond donors (Lipinski definition) is 1. The maximum Gasteiger partial charge on any atom is 0.308 e. The summed E-state index contributed by atoms with van der Waals surface area (Å²) in [5.41, 5.74) is -0.166. The summed E-state index contributed by atoms with van der Waals surface area (Å²) in [4.78, 5) is 13.3. The fourth-order valence-corrected chi connectivity index (χ4v) is 2.32. The number of likely N-dealkylation sites (tertiary alicyclic amines) is 1. The number of aliphatic carboxylic acids is 1. The predicted molar refractivity (Wildman–Crippen MR) is 56.3 cm³/mol. The fourth-order valence-electron chi connectivity index (χ4n) is 2.32. The molecule has 0 amide bonds. The van der Waals surface area contributed by atoms with Gasteiger partial charge in [-0.15, -0.1) is 0 Å². The fraction of sp³-hybridized carbons (Fsp3) is 0.909. The van der Waals surface area contributed by atoms with Gasteiger partial charge in [-0.1, -0.05) is 13.3 Å². The second-order valence-corrected chi connectivity index (χ2v) is 4.67. The first-order chi connectivity index (χ1) is 6.50. The SMILES string of the molecule is CCCCN1CCC(C(=O)O)C1(C)C. The van der Waals surface area contributed by atoms with Gasteiger partial charge in [0.1, 0.15) is 0 Å². The monoisotopic (exact) mass is 199 g/mol. The van der Waals surface area contributed by atoms with Crippen LogP contribution in [-0.2, 0) is 4.79 Å². The topological polar surface area (TPSA) is 40.5 Å². The van der Waals surface area contributed by atoms with E-state index in [1.165, 1.54) is 6.42 Å². The van der Waals surface area contributed by atoms with Gasteiger partial charge in [-0.25, -0.2) is 0 Å². The lowest BCUT2D eigenvalue weighted by Gasteiger charge is -2.34. The number of nitrogens with zero attached hydrogens (tertiary/aromatic N) is 1. The molecule has 1 unspecified atom stereocenters. The van der Waals surface area contributed by atoms with Crippen LogP contribution in [0.3, 0.4) is 0 Å². The summed E-state index contributed by atoms with van der Waals surface area (Å²) < 4.78 is 0. The van der Waals surface area contributed by atoms with E-state index >= 15 is 0 Å². The quantitative estimate of drug-likeness (QED) is 0.752. The molecular weight excluding hydrogens is 178 g/mol. The van der Waals surface area contributed by atoms with Gasteiger partial charge in [0.15, 0.2) is 0 Å². The molecule has 1 aliphatic heterocycles. The molecule has 0 saturated carbocycles. The first-order valence-electron chi connectivity index (χ1n) is 5.48. The minimum Gasteiger partial charge on any atom is -0.481 e. The van der Waals surface area contributed by atoms with Crippen molar-refractivity contribution in [1.82, 2.24) is 4.90 Å². The Labute approximate surface area is 86.1 Å². The zero-order valence-electron chi connectivity index (χ0n) is 9.42. The minimum atomic E-state index is -0.644. The van der Waals surface area contributed by atoms with Gasteiger partial charge in [0.05, 0.1) is 5.92 Å². The number of hydrogen-bond acceptors (Lipinski definition) is 2. The third-order valence-corrected chi connectivity index (χ3v) is 3.44. The molecule has 1 rings (SSSR count). The normalized spacial score (nSPS) is 26.6. The van der Waals surface area contributed by atoms with Crippen molar-refractivity contribution in [3.8, 4) is 0 Å². The van der Waals surface area contributed by atoms with Gasteiger partial charge < -0.3 is 5.11 Å². The maximum absolute atomic E-state index is 11.0. The molecule has 0 aliphatic carbocycles. The van der Waals surface area contributed by atoms with E-state index in [1.807, 2.05) is 0 Å². The summed E-state index contributed by atoms with van der Waals surface area (Å²) in [6, 6.07) is 0. The Hall–Kier alpha value is -0.570. The molecule has 3 nitrogen and oxygen atoms in total. The molecule has 0 spiro atoms. The van der Waals surface area contributed by atoms with Gasteiger partial charge in [-0.2, -0.15) is 0 Å². The van der Waals surface area contributed by atoms with Gasteiger partial charge in [0.25, 0.3) is 0 Å². The zero-order valence-corrected chi connectivity index (χ0v) is 9.42. The Morgan fingerprint density at radius 1 is 1.57 bits per heavy atom. The Kier molecular flexibility index (Phi) is 3.53. The van der Waals surface area contributed by atoms with Crippen LogP contribution in [0.25, 0.3) is 0 Å². The van der Waals surface area contributed by atoms with Gasteiger partial charge in [-0.3, -0.25) is 9.69 Å². The van der Waals surface area contributed by atoms with Crippen LogP contribution in [-0.4, -0.2) is 34.6 Å². The predicted octanol–water partition coefficient (Wildman–Crippen LogP) is 1.97. The van der Waals surface area contributed by atoms with Crippen LogP contribution in [0.4, 0.5) is 0 Å². The highest BCUT2D eigenvalue weighted by Crippen LogP contribution is 2.34. The highest BCUT2D eigenvalue weighted by atomic mass is 16.4. The van der Waals surface area contributed by atoms with Crippen molar-refractivity contribution in [2.24, 2.45) is 5.92 Å². The van der Waals surface area contributed by atoms with Crippen LogP contribution in [0, 0.1) is 5.92 Å². The largest absolute Gasteiger partial charge is 0.481 e. The summed E-state index contributed by atoms with van der Waals surface area (Å²) in [5, 5.41) is 9.07. The van der Waals surface area contributed by atoms with E-state index < -0.39 is 5.97 Å². The molecule has 0 bridgehead atoms. The van der Waals surface area contributed by atoms with Gasteiger partial charge in [0.2, 0.25) is 0 Å². The van der Waals surface area contributed by atoms with Crippen LogP contribution in [0.5, 0.6) is 0 Å². The summed E-state index contributed by atoms with van der Waals surface area (Å²) in [5.74, 6) is -0.839. The third kappa shape index (κ3) is 2.08. The lowest BCUT2D eigenvalue weighted by molar-refractivity contribution is -0.144. The van der Waals surface area contributed by atoms with E-state index in [0.29, 0.717) is 0 Å². The average Bonchev–Trinajstić information content (AvgIpc) is 2.37. The summed E-state index contributed by atoms with van der Waals surface area (Å²) in [7, 11) is 0. The summed E-state index contributed by atoms with van der Waals surface area (Å²) in [6.07, 6.45) is 3.13. The maximum atomic E-state index is 11.0. The molecule has 1 fully saturated rings. The molecule has 1 atom stereocenters. The summed E-state index contributed by atoms with van der Waals surface area (Å²) in [6.45, 7) is 8.23. The highest BCUT2D eigenvalue weighted by molar-refractivity contribution is 5.72. The van der Waals surface area contributed by atoms with Crippen LogP contribution < -0.4 is 0 Å². The summed E-state index contributed by atoms with van der Waals surface area (Å²) >= 11 is 0. The lowest BCUT2D eigenvalue weighted by Crippen LogP contribution is -2.45. The smallest absolute Gasteiger partial charge is 0.308 e. The van der Waals surface area contributed by atoms with Crippen molar-refractivity contribution in [1.29, 1.82) is 0 Å². The van der Waals surface area contributed by atoms with Crippen LogP contribution in [0.15, 0.2) is 0 Å². The van der Waals surface area contributed by atoms with E-state index in [2.05, 4.69) is 25.7 Å². The van der Waals surface area contributed by atoms with Crippen molar-refractivity contribution < 1.29 is 9.90 Å². The average molecular weight is 199 g/mol. The van der Waals surface area contributed by atoms with Gasteiger partial charge in [0, 0.05) is 5.54 Å². The molecule has 82 valence electrons. The van der Waals surface area contributed by atoms with Crippen molar-refractivity contribution in [2.45, 2.75) is 45.6 Å². The van der Waals surface area contributed by atoms with E-state index in [4.69, 9.17) is 5.11 Å². The highest BCUT2D eigenvalue weighted by Gasteiger charge is 2.44. The second-order valence-electron chi connectivity index (χ2n) is 4.67. The molecule has 3 heteroatoms. The number of unbranched alkanes of at least 4 members (excludes halogenated alkanes) is 1. The Bertz CT molecular complexity index is 213. The minimum absolute atomic E-state index is 0.166. The first kappa shape index (κ1) is 11.5. The third-order valence-electron chi connectivity index (χ3n) is 3.44. The number of rotatable bonds is 4. The molecule has 0 aromatic heterocycles. The molecular formula is C11H21NO2. The van der Waals surface area contributed by atoms with Gasteiger partial charge >= 0.3 is 5.97 Å². The van der Waals surface area contributed by atoms with Crippen LogP contribution in [0.1, 0.15) is 40.0 Å². The van der Waals surface area contributed by atoms with Crippen molar-refractivity contribution >= 4 is 5.97 Å². The Morgan fingerprint density at radius 2 is 2.21 bits per heavy atom. The molecule has 14 heavy (non-hydrogen) atoms. The van der Waals surface area contributed by atoms with E-state index in [9.17, 15) is 4.79 Å².